The van der Waals surface area contributed by atoms with Crippen LogP contribution in [0.4, 0.5) is 4.39 Å². The lowest BCUT2D eigenvalue weighted by molar-refractivity contribution is 0.368. The molecule has 0 fully saturated rings. The monoisotopic (exact) mass is 248 g/mol. The summed E-state index contributed by atoms with van der Waals surface area (Å²) in [6.07, 6.45) is 0. The Morgan fingerprint density at radius 3 is 2.46 bits per heavy atom. The minimum Gasteiger partial charge on any atom is -0.496 e. The van der Waals surface area contributed by atoms with Gasteiger partial charge in [-0.3, -0.25) is 0 Å². The second-order valence-corrected chi connectivity index (χ2v) is 2.96. The number of methoxy groups -OCH3 is 2. The van der Waals surface area contributed by atoms with Crippen molar-refractivity contribution in [3.05, 3.63) is 23.5 Å². The third-order valence-corrected chi connectivity index (χ3v) is 2.29. The zero-order valence-electron chi connectivity index (χ0n) is 7.43. The highest BCUT2D eigenvalue weighted by Crippen LogP contribution is 2.32. The van der Waals surface area contributed by atoms with E-state index in [1.54, 1.807) is 13.2 Å². The summed E-state index contributed by atoms with van der Waals surface area (Å²) in [5, 5.41) is 0.497. The van der Waals surface area contributed by atoms with Gasteiger partial charge in [-0.2, -0.15) is 0 Å². The van der Waals surface area contributed by atoms with Gasteiger partial charge < -0.3 is 9.47 Å². The van der Waals surface area contributed by atoms with Crippen LogP contribution in [0.15, 0.2) is 12.1 Å². The first-order valence-corrected chi connectivity index (χ1v) is 4.82. The molecule has 0 aromatic heterocycles. The molecule has 0 amide bonds. The first-order chi connectivity index (χ1) is 6.24. The number of hydrogen-bond donors (Lipinski definition) is 0. The first kappa shape index (κ1) is 10.3. The maximum Gasteiger partial charge on any atom is 0.165 e. The molecule has 0 saturated heterocycles. The molecule has 0 aliphatic carbocycles. The zero-order chi connectivity index (χ0) is 9.84. The molecule has 0 radical (unpaired) electrons. The maximum atomic E-state index is 13.2. The largest absolute Gasteiger partial charge is 0.496 e. The van der Waals surface area contributed by atoms with Crippen molar-refractivity contribution in [3.63, 3.8) is 0 Å². The van der Waals surface area contributed by atoms with Crippen LogP contribution in [0.2, 0.25) is 0 Å². The third-order valence-electron chi connectivity index (χ3n) is 1.73. The fourth-order valence-corrected chi connectivity index (χ4v) is 1.65. The molecule has 1 rings (SSSR count). The van der Waals surface area contributed by atoms with Gasteiger partial charge >= 0.3 is 0 Å². The van der Waals surface area contributed by atoms with Gasteiger partial charge in [-0.15, -0.1) is 0 Å². The minimum atomic E-state index is -0.377. The van der Waals surface area contributed by atoms with Crippen LogP contribution in [0.25, 0.3) is 0 Å². The van der Waals surface area contributed by atoms with E-state index in [2.05, 4.69) is 15.9 Å². The highest BCUT2D eigenvalue weighted by Gasteiger charge is 2.13. The molecule has 0 unspecified atom stereocenters. The fourth-order valence-electron chi connectivity index (χ4n) is 1.12. The highest BCUT2D eigenvalue weighted by molar-refractivity contribution is 9.08. The second-order valence-electron chi connectivity index (χ2n) is 2.40. The summed E-state index contributed by atoms with van der Waals surface area (Å²) in [5.41, 5.74) is 0.685. The van der Waals surface area contributed by atoms with Crippen molar-refractivity contribution in [1.29, 1.82) is 0 Å². The van der Waals surface area contributed by atoms with Gasteiger partial charge in [0.1, 0.15) is 5.75 Å². The van der Waals surface area contributed by atoms with Crippen LogP contribution in [0.1, 0.15) is 5.56 Å². The molecule has 0 aliphatic heterocycles. The summed E-state index contributed by atoms with van der Waals surface area (Å²) in [7, 11) is 2.98. The van der Waals surface area contributed by atoms with E-state index >= 15 is 0 Å². The molecule has 72 valence electrons. The summed E-state index contributed by atoms with van der Waals surface area (Å²) in [5.74, 6) is 0.476. The SMILES string of the molecule is COc1ccc(F)c(OC)c1CBr. The van der Waals surface area contributed by atoms with Gasteiger partial charge in [-0.05, 0) is 12.1 Å². The van der Waals surface area contributed by atoms with Crippen molar-refractivity contribution in [2.24, 2.45) is 0 Å². The summed E-state index contributed by atoms with van der Waals surface area (Å²) < 4.78 is 23.1. The molecule has 13 heavy (non-hydrogen) atoms. The van der Waals surface area contributed by atoms with Gasteiger partial charge in [0.2, 0.25) is 0 Å². The average Bonchev–Trinajstić information content (AvgIpc) is 2.17. The minimum absolute atomic E-state index is 0.233. The van der Waals surface area contributed by atoms with E-state index in [0.29, 0.717) is 16.6 Å². The molecular formula is C9H10BrFO2. The Morgan fingerprint density at radius 1 is 1.31 bits per heavy atom. The van der Waals surface area contributed by atoms with E-state index in [1.165, 1.54) is 13.2 Å². The molecule has 2 nitrogen and oxygen atoms in total. The lowest BCUT2D eigenvalue weighted by atomic mass is 10.2. The average molecular weight is 249 g/mol. The predicted octanol–water partition coefficient (Wildman–Crippen LogP) is 2.74. The van der Waals surface area contributed by atoms with Crippen molar-refractivity contribution in [2.45, 2.75) is 5.33 Å². The van der Waals surface area contributed by atoms with Crippen molar-refractivity contribution >= 4 is 15.9 Å². The smallest absolute Gasteiger partial charge is 0.165 e. The van der Waals surface area contributed by atoms with Gasteiger partial charge in [0.15, 0.2) is 11.6 Å². The van der Waals surface area contributed by atoms with E-state index in [9.17, 15) is 4.39 Å². The highest BCUT2D eigenvalue weighted by atomic mass is 79.9. The topological polar surface area (TPSA) is 18.5 Å². The molecule has 4 heteroatoms. The van der Waals surface area contributed by atoms with Crippen LogP contribution in [-0.2, 0) is 5.33 Å². The van der Waals surface area contributed by atoms with Gasteiger partial charge in [-0.1, -0.05) is 15.9 Å². The molecular weight excluding hydrogens is 239 g/mol. The number of rotatable bonds is 3. The van der Waals surface area contributed by atoms with Gasteiger partial charge in [-0.25, -0.2) is 4.39 Å². The van der Waals surface area contributed by atoms with Crippen molar-refractivity contribution < 1.29 is 13.9 Å². The Hall–Kier alpha value is -0.770. The Kier molecular flexibility index (Phi) is 3.54. The van der Waals surface area contributed by atoms with Crippen molar-refractivity contribution in [2.75, 3.05) is 14.2 Å². The molecule has 0 heterocycles. The van der Waals surface area contributed by atoms with Crippen molar-refractivity contribution in [3.8, 4) is 11.5 Å². The normalized spacial score (nSPS) is 9.85. The summed E-state index contributed by atoms with van der Waals surface area (Å²) in [4.78, 5) is 0. The molecule has 0 N–H and O–H groups in total. The molecule has 0 spiro atoms. The van der Waals surface area contributed by atoms with E-state index in [4.69, 9.17) is 9.47 Å². The van der Waals surface area contributed by atoms with E-state index < -0.39 is 0 Å². The summed E-state index contributed by atoms with van der Waals surface area (Å²) >= 11 is 3.25. The molecule has 1 aromatic carbocycles. The second kappa shape index (κ2) is 4.46. The standard InChI is InChI=1S/C9H10BrFO2/c1-12-8-4-3-7(11)9(13-2)6(8)5-10/h3-4H,5H2,1-2H3. The summed E-state index contributed by atoms with van der Waals surface area (Å²) in [6.45, 7) is 0. The molecule has 0 saturated carbocycles. The zero-order valence-corrected chi connectivity index (χ0v) is 9.02. The lowest BCUT2D eigenvalue weighted by Gasteiger charge is -2.11. The van der Waals surface area contributed by atoms with Crippen LogP contribution in [0.3, 0.4) is 0 Å². The number of benzene rings is 1. The molecule has 0 bridgehead atoms. The number of hydrogen-bond acceptors (Lipinski definition) is 2. The Bertz CT molecular complexity index is 302. The quantitative estimate of drug-likeness (QED) is 0.767. The van der Waals surface area contributed by atoms with E-state index in [0.717, 1.165) is 0 Å². The Balaban J connectivity index is 3.27. The first-order valence-electron chi connectivity index (χ1n) is 3.70. The number of alkyl halides is 1. The molecule has 0 aliphatic rings. The predicted molar refractivity (Wildman–Crippen MR) is 52.1 cm³/mol. The summed E-state index contributed by atoms with van der Waals surface area (Å²) in [6, 6.07) is 2.90. The Morgan fingerprint density at radius 2 is 2.00 bits per heavy atom. The molecule has 1 aromatic rings. The van der Waals surface area contributed by atoms with Gasteiger partial charge in [0, 0.05) is 10.9 Å². The van der Waals surface area contributed by atoms with Crippen LogP contribution in [0, 0.1) is 5.82 Å². The fraction of sp³-hybridized carbons (Fsp3) is 0.333. The number of ether oxygens (including phenoxy) is 2. The Labute approximate surface area is 84.8 Å². The maximum absolute atomic E-state index is 13.2. The molecule has 0 atom stereocenters. The van der Waals surface area contributed by atoms with Crippen molar-refractivity contribution in [1.82, 2.24) is 0 Å². The van der Waals surface area contributed by atoms with Crippen LogP contribution in [0.5, 0.6) is 11.5 Å². The third kappa shape index (κ3) is 1.94. The number of halogens is 2. The van der Waals surface area contributed by atoms with E-state index in [-0.39, 0.29) is 11.6 Å². The van der Waals surface area contributed by atoms with E-state index in [1.807, 2.05) is 0 Å². The lowest BCUT2D eigenvalue weighted by Crippen LogP contribution is -1.97. The van der Waals surface area contributed by atoms with Crippen LogP contribution in [-0.4, -0.2) is 14.2 Å². The van der Waals surface area contributed by atoms with Crippen LogP contribution < -0.4 is 9.47 Å². The van der Waals surface area contributed by atoms with Gasteiger partial charge in [0.25, 0.3) is 0 Å². The van der Waals surface area contributed by atoms with Crippen LogP contribution >= 0.6 is 15.9 Å². The van der Waals surface area contributed by atoms with Gasteiger partial charge in [0.05, 0.1) is 14.2 Å².